The van der Waals surface area contributed by atoms with E-state index in [1.54, 1.807) is 24.4 Å². The number of sulfonamides is 1. The minimum absolute atomic E-state index is 0.0296. The summed E-state index contributed by atoms with van der Waals surface area (Å²) in [6.07, 6.45) is 2.77. The lowest BCUT2D eigenvalue weighted by Gasteiger charge is -2.28. The van der Waals surface area contributed by atoms with Crippen molar-refractivity contribution in [2.45, 2.75) is 60.9 Å². The van der Waals surface area contributed by atoms with Crippen molar-refractivity contribution in [1.82, 2.24) is 13.9 Å². The zero-order valence-corrected chi connectivity index (χ0v) is 32.7. The van der Waals surface area contributed by atoms with E-state index >= 15 is 4.39 Å². The van der Waals surface area contributed by atoms with Crippen molar-refractivity contribution in [3.05, 3.63) is 99.3 Å². The Kier molecular flexibility index (Phi) is 12.9. The number of nitrogens with zero attached hydrogens (tertiary/aromatic N) is 4. The Morgan fingerprint density at radius 1 is 1.06 bits per heavy atom. The Hall–Kier alpha value is -3.20. The van der Waals surface area contributed by atoms with Crippen LogP contribution >= 0.6 is 35.0 Å². The number of ether oxygens (including phenoxy) is 1. The van der Waals surface area contributed by atoms with E-state index in [-0.39, 0.29) is 22.9 Å². The third-order valence-electron chi connectivity index (χ3n) is 8.64. The van der Waals surface area contributed by atoms with Crippen LogP contribution in [0.4, 0.5) is 8.78 Å². The summed E-state index contributed by atoms with van der Waals surface area (Å²) in [7, 11) is 3.12. The number of halogens is 4. The van der Waals surface area contributed by atoms with Crippen LogP contribution in [0.1, 0.15) is 50.4 Å². The van der Waals surface area contributed by atoms with E-state index in [2.05, 4.69) is 4.98 Å². The van der Waals surface area contributed by atoms with Gasteiger partial charge in [0.15, 0.2) is 5.16 Å². The smallest absolute Gasteiger partial charge is 0.321 e. The third-order valence-corrected chi connectivity index (χ3v) is 12.2. The predicted octanol–water partition coefficient (Wildman–Crippen LogP) is 8.03. The molecule has 4 rings (SSSR count). The molecule has 1 N–H and O–H groups in total. The van der Waals surface area contributed by atoms with Crippen LogP contribution in [0.3, 0.4) is 0 Å². The molecule has 9 nitrogen and oxygen atoms in total. The largest absolute Gasteiger partial charge is 0.495 e. The number of quaternary nitrogens is 1. The maximum Gasteiger partial charge on any atom is 0.321 e. The average molecular weight is 785 g/mol. The molecule has 276 valence electrons. The SMILES string of the molecule is COc1cc(C(C)(C)c2cnc(SCc3c(F)cc(S(=O)(=O)N(CCCC[N+](C)(C)C)[C@H](C)C(=O)O)cc3Cl)n2-c2ccc(F)cc2)ccc1Cl. The van der Waals surface area contributed by atoms with E-state index in [0.717, 1.165) is 46.0 Å². The van der Waals surface area contributed by atoms with E-state index < -0.39 is 44.0 Å². The van der Waals surface area contributed by atoms with Gasteiger partial charge in [-0.3, -0.25) is 9.36 Å². The fourth-order valence-corrected chi connectivity index (χ4v) is 8.86. The van der Waals surface area contributed by atoms with Crippen molar-refractivity contribution in [3.8, 4) is 11.4 Å². The lowest BCUT2D eigenvalue weighted by Crippen LogP contribution is -2.44. The van der Waals surface area contributed by atoms with Crippen molar-refractivity contribution >= 4 is 51.0 Å². The number of hydrogen-bond acceptors (Lipinski definition) is 6. The molecule has 0 radical (unpaired) electrons. The highest BCUT2D eigenvalue weighted by Gasteiger charge is 2.34. The number of carbonyl (C=O) groups is 1. The Balaban J connectivity index is 1.67. The van der Waals surface area contributed by atoms with Crippen LogP contribution in [0.25, 0.3) is 5.69 Å². The second-order valence-corrected chi connectivity index (χ2v) is 17.4. The molecule has 0 aliphatic rings. The summed E-state index contributed by atoms with van der Waals surface area (Å²) in [5, 5.41) is 10.5. The topological polar surface area (TPSA) is 102 Å². The maximum atomic E-state index is 15.8. The van der Waals surface area contributed by atoms with Gasteiger partial charge in [0.2, 0.25) is 10.0 Å². The summed E-state index contributed by atoms with van der Waals surface area (Å²) in [5.41, 5.74) is 1.60. The molecule has 0 spiro atoms. The number of thioether (sulfide) groups is 1. The molecular formula is C36H43Cl2F2N4O5S2+. The Labute approximate surface area is 312 Å². The highest BCUT2D eigenvalue weighted by atomic mass is 35.5. The van der Waals surface area contributed by atoms with E-state index in [9.17, 15) is 22.7 Å². The number of aliphatic carboxylic acids is 1. The first-order chi connectivity index (χ1) is 23.8. The Bertz CT molecular complexity index is 1960. The summed E-state index contributed by atoms with van der Waals surface area (Å²) in [6.45, 7) is 5.98. The summed E-state index contributed by atoms with van der Waals surface area (Å²) in [4.78, 5) is 16.1. The number of methoxy groups -OCH3 is 1. The zero-order chi connectivity index (χ0) is 37.9. The summed E-state index contributed by atoms with van der Waals surface area (Å²) >= 11 is 14.0. The first-order valence-corrected chi connectivity index (χ1v) is 19.3. The van der Waals surface area contributed by atoms with Crippen molar-refractivity contribution in [1.29, 1.82) is 0 Å². The van der Waals surface area contributed by atoms with Crippen LogP contribution in [-0.2, 0) is 26.0 Å². The Morgan fingerprint density at radius 2 is 1.73 bits per heavy atom. The molecule has 0 saturated heterocycles. The molecule has 0 fully saturated rings. The molecule has 1 atom stereocenters. The van der Waals surface area contributed by atoms with Crippen molar-refractivity contribution in [2.24, 2.45) is 0 Å². The summed E-state index contributed by atoms with van der Waals surface area (Å²) < 4.78 is 66.1. The normalized spacial score (nSPS) is 13.1. The number of carboxylic acids is 1. The molecule has 0 aliphatic heterocycles. The number of aromatic nitrogens is 2. The molecule has 0 unspecified atom stereocenters. The highest BCUT2D eigenvalue weighted by Crippen LogP contribution is 2.40. The van der Waals surface area contributed by atoms with Gasteiger partial charge in [0.25, 0.3) is 0 Å². The molecule has 0 amide bonds. The van der Waals surface area contributed by atoms with Gasteiger partial charge in [-0.25, -0.2) is 22.2 Å². The van der Waals surface area contributed by atoms with Crippen molar-refractivity contribution in [2.75, 3.05) is 41.3 Å². The van der Waals surface area contributed by atoms with Crippen LogP contribution in [-0.4, -0.2) is 85.2 Å². The van der Waals surface area contributed by atoms with Gasteiger partial charge in [0, 0.05) is 34.0 Å². The van der Waals surface area contributed by atoms with Crippen LogP contribution in [0, 0.1) is 11.6 Å². The molecule has 51 heavy (non-hydrogen) atoms. The van der Waals surface area contributed by atoms with Crippen LogP contribution < -0.4 is 4.74 Å². The zero-order valence-electron chi connectivity index (χ0n) is 29.6. The van der Waals surface area contributed by atoms with E-state index in [0.29, 0.717) is 38.9 Å². The fraction of sp³-hybridized carbons (Fsp3) is 0.389. The number of unbranched alkanes of at least 4 members (excludes halogenated alkanes) is 1. The molecular weight excluding hydrogens is 741 g/mol. The fourth-order valence-electron chi connectivity index (χ4n) is 5.55. The second-order valence-electron chi connectivity index (χ2n) is 13.7. The average Bonchev–Trinajstić information content (AvgIpc) is 3.48. The minimum Gasteiger partial charge on any atom is -0.495 e. The quantitative estimate of drug-likeness (QED) is 0.0698. The van der Waals surface area contributed by atoms with Gasteiger partial charge in [-0.1, -0.05) is 54.9 Å². The van der Waals surface area contributed by atoms with Gasteiger partial charge < -0.3 is 14.3 Å². The van der Waals surface area contributed by atoms with Gasteiger partial charge >= 0.3 is 5.97 Å². The monoisotopic (exact) mass is 783 g/mol. The van der Waals surface area contributed by atoms with Gasteiger partial charge in [-0.05, 0) is 73.9 Å². The van der Waals surface area contributed by atoms with E-state index in [1.165, 1.54) is 26.2 Å². The van der Waals surface area contributed by atoms with E-state index in [1.807, 2.05) is 51.7 Å². The first-order valence-electron chi connectivity index (χ1n) is 16.1. The number of hydrogen-bond donors (Lipinski definition) is 1. The molecule has 3 aromatic carbocycles. The van der Waals surface area contributed by atoms with Crippen molar-refractivity contribution in [3.63, 3.8) is 0 Å². The lowest BCUT2D eigenvalue weighted by atomic mass is 9.81. The van der Waals surface area contributed by atoms with Gasteiger partial charge in [0.1, 0.15) is 23.4 Å². The van der Waals surface area contributed by atoms with Crippen LogP contribution in [0.2, 0.25) is 10.0 Å². The van der Waals surface area contributed by atoms with Gasteiger partial charge in [0.05, 0.1) is 56.6 Å². The maximum absolute atomic E-state index is 15.8. The minimum atomic E-state index is -4.43. The molecule has 0 saturated carbocycles. The molecule has 1 aromatic heterocycles. The Morgan fingerprint density at radius 3 is 2.31 bits per heavy atom. The summed E-state index contributed by atoms with van der Waals surface area (Å²) in [5.74, 6) is -2.13. The molecule has 15 heteroatoms. The highest BCUT2D eigenvalue weighted by molar-refractivity contribution is 7.98. The molecule has 0 aliphatic carbocycles. The summed E-state index contributed by atoms with van der Waals surface area (Å²) in [6, 6.07) is 12.0. The predicted molar refractivity (Wildman–Crippen MR) is 198 cm³/mol. The van der Waals surface area contributed by atoms with Gasteiger partial charge in [-0.2, -0.15) is 4.31 Å². The lowest BCUT2D eigenvalue weighted by molar-refractivity contribution is -0.870. The number of rotatable bonds is 16. The molecule has 0 bridgehead atoms. The van der Waals surface area contributed by atoms with Crippen LogP contribution in [0.5, 0.6) is 5.75 Å². The molecule has 1 heterocycles. The standard InChI is InChI=1S/C36H42Cl2F2N4O5S2/c1-23(34(45)46)42(16-8-9-17-44(4,5)6)51(47,48)27-19-30(38)28(31(40)20-27)22-50-35-41-21-33(43(35)26-13-11-25(39)12-14-26)36(2,3)24-10-15-29(37)32(18-24)49-7/h10-15,18-21,23H,8-9,16-17,22H2,1-7H3/p+1/t23-/m1/s1. The second kappa shape index (κ2) is 16.2. The third kappa shape index (κ3) is 9.43. The van der Waals surface area contributed by atoms with Crippen molar-refractivity contribution < 1.29 is 36.3 Å². The number of benzene rings is 3. The van der Waals surface area contributed by atoms with Crippen LogP contribution in [0.15, 0.2) is 70.8 Å². The van der Waals surface area contributed by atoms with Gasteiger partial charge in [-0.15, -0.1) is 0 Å². The number of imidazole rings is 1. The number of carboxylic acid groups (broad SMARTS) is 1. The first kappa shape index (κ1) is 40.6. The molecule has 4 aromatic rings. The van der Waals surface area contributed by atoms with E-state index in [4.69, 9.17) is 27.9 Å².